The summed E-state index contributed by atoms with van der Waals surface area (Å²) in [5, 5.41) is 4.37. The van der Waals surface area contributed by atoms with Crippen LogP contribution >= 0.6 is 0 Å². The molecular weight excluding hydrogens is 477 g/mol. The van der Waals surface area contributed by atoms with Crippen molar-refractivity contribution in [3.05, 3.63) is 58.7 Å². The summed E-state index contributed by atoms with van der Waals surface area (Å²) < 4.78 is 42.3. The number of rotatable bonds is 5. The van der Waals surface area contributed by atoms with Gasteiger partial charge < -0.3 is 15.5 Å². The molecule has 1 fully saturated rings. The van der Waals surface area contributed by atoms with Gasteiger partial charge in [0.2, 0.25) is 11.8 Å². The molecule has 1 atom stereocenters. The Hall–Kier alpha value is -3.67. The quantitative estimate of drug-likeness (QED) is 0.622. The van der Waals surface area contributed by atoms with Gasteiger partial charge in [0.1, 0.15) is 11.6 Å². The van der Waals surface area contributed by atoms with E-state index in [1.54, 1.807) is 27.5 Å². The molecule has 0 saturated carbocycles. The summed E-state index contributed by atoms with van der Waals surface area (Å²) in [4.78, 5) is 42.6. The summed E-state index contributed by atoms with van der Waals surface area (Å²) in [5.41, 5.74) is 6.92. The molecular formula is C24H27F3N6O3. The zero-order valence-electron chi connectivity index (χ0n) is 20.0. The van der Waals surface area contributed by atoms with Crippen molar-refractivity contribution in [1.82, 2.24) is 19.6 Å². The second-order valence-electron chi connectivity index (χ2n) is 9.04. The highest BCUT2D eigenvalue weighted by molar-refractivity contribution is 6.00. The van der Waals surface area contributed by atoms with E-state index in [-0.39, 0.29) is 36.8 Å². The first kappa shape index (κ1) is 25.4. The minimum absolute atomic E-state index is 0.0491. The molecule has 0 spiro atoms. The van der Waals surface area contributed by atoms with E-state index in [1.165, 1.54) is 18.0 Å². The maximum Gasteiger partial charge on any atom is 0.253 e. The third kappa shape index (κ3) is 5.27. The Kier molecular flexibility index (Phi) is 7.16. The second kappa shape index (κ2) is 10.1. The fourth-order valence-electron chi connectivity index (χ4n) is 4.41. The molecule has 2 N–H and O–H groups in total. The zero-order valence-corrected chi connectivity index (χ0v) is 20.0. The highest BCUT2D eigenvalue weighted by Gasteiger charge is 2.31. The van der Waals surface area contributed by atoms with Crippen molar-refractivity contribution in [2.45, 2.75) is 39.3 Å². The number of hydrogen-bond donors (Lipinski definition) is 1. The van der Waals surface area contributed by atoms with Crippen LogP contribution in [0, 0.1) is 24.4 Å². The first-order valence-corrected chi connectivity index (χ1v) is 11.5. The van der Waals surface area contributed by atoms with Crippen LogP contribution in [0.5, 0.6) is 0 Å². The van der Waals surface area contributed by atoms with E-state index < -0.39 is 29.4 Å². The van der Waals surface area contributed by atoms with Crippen LogP contribution in [0.3, 0.4) is 0 Å². The van der Waals surface area contributed by atoms with Gasteiger partial charge in [-0.15, -0.1) is 0 Å². The number of nitrogens with two attached hydrogens (primary N) is 1. The number of carbonyl (C=O) groups is 3. The fourth-order valence-corrected chi connectivity index (χ4v) is 4.41. The number of halogens is 3. The van der Waals surface area contributed by atoms with E-state index in [2.05, 4.69) is 5.10 Å². The van der Waals surface area contributed by atoms with E-state index in [9.17, 15) is 27.6 Å². The third-order valence-electron chi connectivity index (χ3n) is 6.30. The Morgan fingerprint density at radius 3 is 2.31 bits per heavy atom. The van der Waals surface area contributed by atoms with Gasteiger partial charge in [-0.05, 0) is 25.0 Å². The molecule has 3 amide bonds. The lowest BCUT2D eigenvalue weighted by Crippen LogP contribution is -2.51. The summed E-state index contributed by atoms with van der Waals surface area (Å²) in [6.07, 6.45) is 1.04. The smallest absolute Gasteiger partial charge is 0.253 e. The van der Waals surface area contributed by atoms with Gasteiger partial charge in [0.25, 0.3) is 5.91 Å². The maximum atomic E-state index is 14.0. The van der Waals surface area contributed by atoms with Crippen LogP contribution in [0.2, 0.25) is 0 Å². The standard InChI is InChI=1S/C24H27F3N6O3/c1-14-7-22-32(23(35)10-18(28)8-16-9-20(26)21(27)11-19(16)25)12-17(13-33(22)29-14)24(36)31-5-3-30(4-6-31)15(2)34/h7,9,11-12,18H,3-6,8,10,13,28H2,1-2H3/t18-/m1/s1. The molecule has 36 heavy (non-hydrogen) atoms. The van der Waals surface area contributed by atoms with Crippen LogP contribution in [0.4, 0.5) is 19.0 Å². The van der Waals surface area contributed by atoms with Gasteiger partial charge in [-0.25, -0.2) is 17.9 Å². The molecule has 0 bridgehead atoms. The first-order valence-electron chi connectivity index (χ1n) is 11.5. The number of aromatic nitrogens is 2. The van der Waals surface area contributed by atoms with E-state index in [1.807, 2.05) is 0 Å². The van der Waals surface area contributed by atoms with Crippen molar-refractivity contribution in [1.29, 1.82) is 0 Å². The van der Waals surface area contributed by atoms with Crippen LogP contribution in [-0.2, 0) is 27.3 Å². The monoisotopic (exact) mass is 504 g/mol. The van der Waals surface area contributed by atoms with Gasteiger partial charge >= 0.3 is 0 Å². The largest absolute Gasteiger partial charge is 0.339 e. The van der Waals surface area contributed by atoms with E-state index in [4.69, 9.17) is 5.73 Å². The van der Waals surface area contributed by atoms with Crippen LogP contribution in [-0.4, -0.2) is 69.5 Å². The lowest BCUT2D eigenvalue weighted by Gasteiger charge is -2.35. The van der Waals surface area contributed by atoms with E-state index >= 15 is 0 Å². The van der Waals surface area contributed by atoms with Crippen LogP contribution < -0.4 is 10.6 Å². The van der Waals surface area contributed by atoms with Crippen LogP contribution in [0.1, 0.15) is 24.6 Å². The number of carbonyl (C=O) groups excluding carboxylic acids is 3. The Balaban J connectivity index is 1.50. The molecule has 9 nitrogen and oxygen atoms in total. The van der Waals surface area contributed by atoms with Gasteiger partial charge in [-0.1, -0.05) is 0 Å². The second-order valence-corrected chi connectivity index (χ2v) is 9.04. The molecule has 2 aliphatic heterocycles. The molecule has 2 aliphatic rings. The molecule has 1 aromatic heterocycles. The van der Waals surface area contributed by atoms with E-state index in [0.717, 1.165) is 6.07 Å². The molecule has 192 valence electrons. The Labute approximate surface area is 205 Å². The summed E-state index contributed by atoms with van der Waals surface area (Å²) in [6, 6.07) is 1.99. The van der Waals surface area contributed by atoms with Crippen molar-refractivity contribution in [3.63, 3.8) is 0 Å². The molecule has 3 heterocycles. The predicted molar refractivity (Wildman–Crippen MR) is 124 cm³/mol. The fraction of sp³-hybridized carbons (Fsp3) is 0.417. The van der Waals surface area contributed by atoms with Gasteiger partial charge in [-0.2, -0.15) is 5.10 Å². The molecule has 12 heteroatoms. The Morgan fingerprint density at radius 2 is 1.64 bits per heavy atom. The number of amides is 3. The lowest BCUT2D eigenvalue weighted by atomic mass is 10.0. The topological polar surface area (TPSA) is 105 Å². The van der Waals surface area contributed by atoms with Crippen molar-refractivity contribution in [2.24, 2.45) is 5.73 Å². The molecule has 2 aromatic rings. The molecule has 0 aliphatic carbocycles. The number of fused-ring (bicyclic) bond motifs is 1. The molecule has 1 aromatic carbocycles. The number of anilines is 1. The molecule has 4 rings (SSSR count). The summed E-state index contributed by atoms with van der Waals surface area (Å²) in [7, 11) is 0. The highest BCUT2D eigenvalue weighted by Crippen LogP contribution is 2.26. The third-order valence-corrected chi connectivity index (χ3v) is 6.30. The Morgan fingerprint density at radius 1 is 1.00 bits per heavy atom. The average Bonchev–Trinajstić information content (AvgIpc) is 3.21. The SMILES string of the molecule is CC(=O)N1CCN(C(=O)C2=CN(C(=O)C[C@H](N)Cc3cc(F)c(F)cc3F)c3cc(C)nn3C2)CC1. The van der Waals surface area contributed by atoms with E-state index in [0.29, 0.717) is 49.3 Å². The number of benzene rings is 1. The number of aryl methyl sites for hydroxylation is 1. The minimum Gasteiger partial charge on any atom is -0.339 e. The van der Waals surface area contributed by atoms with Crippen molar-refractivity contribution in [2.75, 3.05) is 31.1 Å². The molecule has 1 saturated heterocycles. The summed E-state index contributed by atoms with van der Waals surface area (Å²) in [6.45, 7) is 5.02. The summed E-state index contributed by atoms with van der Waals surface area (Å²) in [5.74, 6) is -3.76. The van der Waals surface area contributed by atoms with Crippen molar-refractivity contribution in [3.8, 4) is 0 Å². The average molecular weight is 505 g/mol. The van der Waals surface area contributed by atoms with Crippen LogP contribution in [0.15, 0.2) is 30.0 Å². The van der Waals surface area contributed by atoms with Gasteiger partial charge in [-0.3, -0.25) is 19.3 Å². The van der Waals surface area contributed by atoms with Gasteiger partial charge in [0.15, 0.2) is 11.6 Å². The molecule has 0 unspecified atom stereocenters. The van der Waals surface area contributed by atoms with Crippen molar-refractivity contribution < 1.29 is 27.6 Å². The number of piperazine rings is 1. The highest BCUT2D eigenvalue weighted by atomic mass is 19.2. The molecule has 0 radical (unpaired) electrons. The van der Waals surface area contributed by atoms with Crippen molar-refractivity contribution >= 4 is 23.5 Å². The zero-order chi connectivity index (χ0) is 26.1. The first-order chi connectivity index (χ1) is 17.0. The lowest BCUT2D eigenvalue weighted by molar-refractivity contribution is -0.136. The Bertz CT molecular complexity index is 1240. The maximum absolute atomic E-state index is 14.0. The number of hydrogen-bond acceptors (Lipinski definition) is 5. The van der Waals surface area contributed by atoms with Gasteiger partial charge in [0, 0.05) is 63.9 Å². The van der Waals surface area contributed by atoms with Crippen LogP contribution in [0.25, 0.3) is 0 Å². The normalized spacial score (nSPS) is 16.5. The summed E-state index contributed by atoms with van der Waals surface area (Å²) >= 11 is 0. The van der Waals surface area contributed by atoms with Gasteiger partial charge in [0.05, 0.1) is 17.8 Å². The predicted octanol–water partition coefficient (Wildman–Crippen LogP) is 1.49. The number of nitrogens with zero attached hydrogens (tertiary/aromatic N) is 5. The minimum atomic E-state index is -1.30.